The molecule has 0 radical (unpaired) electrons. The lowest BCUT2D eigenvalue weighted by molar-refractivity contribution is -0.129. The van der Waals surface area contributed by atoms with Crippen molar-refractivity contribution in [3.63, 3.8) is 0 Å². The van der Waals surface area contributed by atoms with Crippen molar-refractivity contribution in [3.8, 4) is 11.5 Å². The number of benzene rings is 2. The molecule has 2 atom stereocenters. The fourth-order valence-electron chi connectivity index (χ4n) is 3.71. The Morgan fingerprint density at radius 2 is 1.70 bits per heavy atom. The van der Waals surface area contributed by atoms with Gasteiger partial charge < -0.3 is 30.2 Å². The molecule has 0 bridgehead atoms. The number of likely N-dealkylation sites (N-methyl/N-ethyl adjacent to an activating group) is 1. The first kappa shape index (κ1) is 45.3. The maximum absolute atomic E-state index is 12.0. The molecule has 2 aromatic carbocycles. The Labute approximate surface area is 287 Å². The average molecular weight is 683 g/mol. The number of amides is 2. The van der Waals surface area contributed by atoms with Gasteiger partial charge in [0.1, 0.15) is 23.9 Å². The fourth-order valence-corrected chi connectivity index (χ4v) is 4.59. The number of likely N-dealkylation sites (tertiary alicyclic amines) is 1. The van der Waals surface area contributed by atoms with Gasteiger partial charge in [-0.15, -0.1) is 6.58 Å². The van der Waals surface area contributed by atoms with Gasteiger partial charge in [0, 0.05) is 39.9 Å². The fraction of sp³-hybridized carbons (Fsp3) is 0.571. The number of nitrogens with two attached hydrogens (primary N) is 1. The first-order valence-electron chi connectivity index (χ1n) is 16.0. The predicted octanol–water partition coefficient (Wildman–Crippen LogP) is 6.90. The van der Waals surface area contributed by atoms with E-state index in [9.17, 15) is 9.59 Å². The molecule has 4 N–H and O–H groups in total. The van der Waals surface area contributed by atoms with E-state index in [1.54, 1.807) is 20.2 Å². The number of halogens is 1. The van der Waals surface area contributed by atoms with E-state index in [1.165, 1.54) is 12.8 Å². The summed E-state index contributed by atoms with van der Waals surface area (Å²) in [6.07, 6.45) is 7.34. The van der Waals surface area contributed by atoms with Gasteiger partial charge in [0.2, 0.25) is 12.3 Å². The van der Waals surface area contributed by atoms with Crippen LogP contribution in [0.5, 0.6) is 11.5 Å². The smallest absolute Gasteiger partial charge is 0.236 e. The zero-order valence-corrected chi connectivity index (χ0v) is 31.0. The second-order valence-electron chi connectivity index (χ2n) is 10.7. The highest BCUT2D eigenvalue weighted by Crippen LogP contribution is 2.36. The van der Waals surface area contributed by atoms with E-state index >= 15 is 0 Å². The zero-order valence-electron chi connectivity index (χ0n) is 29.4. The number of nitrogens with zero attached hydrogens (tertiary/aromatic N) is 1. The minimum Gasteiger partial charge on any atom is -0.496 e. The van der Waals surface area contributed by atoms with Crippen LogP contribution in [-0.4, -0.2) is 75.7 Å². The second kappa shape index (κ2) is 28.4. The minimum atomic E-state index is -0.0126. The van der Waals surface area contributed by atoms with Crippen molar-refractivity contribution in [1.29, 1.82) is 0 Å². The van der Waals surface area contributed by atoms with Crippen molar-refractivity contribution < 1.29 is 23.9 Å². The largest absolute Gasteiger partial charge is 0.496 e. The molecule has 9 nitrogen and oxygen atoms in total. The molecule has 1 saturated heterocycles. The number of rotatable bonds is 10. The van der Waals surface area contributed by atoms with Crippen LogP contribution in [0.25, 0.3) is 10.8 Å². The lowest BCUT2D eigenvalue weighted by atomic mass is 10.1. The summed E-state index contributed by atoms with van der Waals surface area (Å²) >= 11 is 7.99. The molecule has 2 amide bonds. The SMILES string of the molecule is C=CC(C=O)CC.CC.CC(C)C.CNCC(=O)N1CCC(Oc2ccc(OC)c3ccc(Cl)cc23)C1.CNSC1CC1.NC=O. The van der Waals surface area contributed by atoms with Gasteiger partial charge in [0.15, 0.2) is 0 Å². The third-order valence-electron chi connectivity index (χ3n) is 6.00. The molecule has 1 saturated carbocycles. The van der Waals surface area contributed by atoms with E-state index in [1.807, 2.05) is 75.0 Å². The van der Waals surface area contributed by atoms with Crippen LogP contribution in [0.15, 0.2) is 43.0 Å². The number of carbonyl (C=O) groups excluding carboxylic acids is 3. The molecule has 0 spiro atoms. The molecule has 1 aliphatic heterocycles. The van der Waals surface area contributed by atoms with Crippen molar-refractivity contribution in [2.75, 3.05) is 40.8 Å². The lowest BCUT2D eigenvalue weighted by Gasteiger charge is -2.18. The topological polar surface area (TPSA) is 123 Å². The van der Waals surface area contributed by atoms with Crippen molar-refractivity contribution in [1.82, 2.24) is 14.9 Å². The Balaban J connectivity index is 0. The maximum atomic E-state index is 12.0. The van der Waals surface area contributed by atoms with E-state index in [-0.39, 0.29) is 24.3 Å². The number of allylic oxidation sites excluding steroid dienone is 1. The van der Waals surface area contributed by atoms with E-state index in [4.69, 9.17) is 25.9 Å². The first-order chi connectivity index (χ1) is 22.0. The molecule has 2 aliphatic rings. The van der Waals surface area contributed by atoms with Gasteiger partial charge in [-0.25, -0.2) is 0 Å². The minimum absolute atomic E-state index is 0.0126. The van der Waals surface area contributed by atoms with Gasteiger partial charge in [0.25, 0.3) is 0 Å². The molecule has 0 aromatic heterocycles. The van der Waals surface area contributed by atoms with Gasteiger partial charge in [-0.1, -0.05) is 71.2 Å². The van der Waals surface area contributed by atoms with Crippen LogP contribution in [-0.2, 0) is 14.4 Å². The Bertz CT molecular complexity index is 1110. The van der Waals surface area contributed by atoms with Crippen LogP contribution in [0.3, 0.4) is 0 Å². The van der Waals surface area contributed by atoms with Crippen molar-refractivity contribution in [3.05, 3.63) is 48.0 Å². The molecule has 2 fully saturated rings. The molecule has 2 aromatic rings. The normalized spacial score (nSPS) is 14.9. The van der Waals surface area contributed by atoms with Gasteiger partial charge in [-0.05, 0) is 69.6 Å². The number of primary amides is 1. The van der Waals surface area contributed by atoms with Crippen LogP contribution < -0.4 is 25.2 Å². The highest BCUT2D eigenvalue weighted by atomic mass is 35.5. The van der Waals surface area contributed by atoms with Crippen LogP contribution in [0.4, 0.5) is 0 Å². The van der Waals surface area contributed by atoms with Crippen LogP contribution in [0.2, 0.25) is 5.02 Å². The molecule has 46 heavy (non-hydrogen) atoms. The molecule has 4 rings (SSSR count). The number of fused-ring (bicyclic) bond motifs is 1. The Morgan fingerprint density at radius 1 is 1.11 bits per heavy atom. The number of hydrogen-bond acceptors (Lipinski definition) is 8. The zero-order chi connectivity index (χ0) is 35.5. The summed E-state index contributed by atoms with van der Waals surface area (Å²) in [5, 5.41) is 6.37. The average Bonchev–Trinajstić information content (AvgIpc) is 3.74. The number of hydrogen-bond donors (Lipinski definition) is 3. The van der Waals surface area contributed by atoms with Crippen molar-refractivity contribution in [2.24, 2.45) is 17.6 Å². The second-order valence-corrected chi connectivity index (χ2v) is 12.4. The molecule has 1 heterocycles. The predicted molar refractivity (Wildman–Crippen MR) is 197 cm³/mol. The summed E-state index contributed by atoms with van der Waals surface area (Å²) in [6, 6.07) is 9.44. The summed E-state index contributed by atoms with van der Waals surface area (Å²) in [6.45, 7) is 17.6. The quantitative estimate of drug-likeness (QED) is 0.140. The van der Waals surface area contributed by atoms with Crippen LogP contribution in [0, 0.1) is 11.8 Å². The number of carbonyl (C=O) groups is 3. The number of methoxy groups -OCH3 is 1. The van der Waals surface area contributed by atoms with Gasteiger partial charge in [-0.2, -0.15) is 0 Å². The monoisotopic (exact) mass is 682 g/mol. The third-order valence-corrected chi connectivity index (χ3v) is 7.27. The van der Waals surface area contributed by atoms with Crippen molar-refractivity contribution >= 4 is 52.9 Å². The highest BCUT2D eigenvalue weighted by Gasteiger charge is 2.27. The molecule has 262 valence electrons. The number of nitrogens with one attached hydrogen (secondary N) is 2. The molecular formula is C35H59ClN4O5S. The summed E-state index contributed by atoms with van der Waals surface area (Å²) < 4.78 is 14.6. The Morgan fingerprint density at radius 3 is 2.11 bits per heavy atom. The summed E-state index contributed by atoms with van der Waals surface area (Å²) in [7, 11) is 5.39. The van der Waals surface area contributed by atoms with Gasteiger partial charge in [0.05, 0.1) is 20.2 Å². The maximum Gasteiger partial charge on any atom is 0.236 e. The Hall–Kier alpha value is -2.79. The van der Waals surface area contributed by atoms with Crippen LogP contribution >= 0.6 is 23.5 Å². The highest BCUT2D eigenvalue weighted by molar-refractivity contribution is 7.98. The van der Waals surface area contributed by atoms with Gasteiger partial charge >= 0.3 is 0 Å². The van der Waals surface area contributed by atoms with E-state index in [2.05, 4.69) is 43.1 Å². The summed E-state index contributed by atoms with van der Waals surface area (Å²) in [5.74, 6) is 2.55. The molecule has 1 aliphatic carbocycles. The number of aldehydes is 1. The molecular weight excluding hydrogens is 624 g/mol. The van der Waals surface area contributed by atoms with E-state index < -0.39 is 0 Å². The summed E-state index contributed by atoms with van der Waals surface area (Å²) in [5.41, 5.74) is 4.17. The molecule has 11 heteroatoms. The van der Waals surface area contributed by atoms with Crippen molar-refractivity contribution in [2.45, 2.75) is 78.6 Å². The standard InChI is InChI=1S/C18H21ClN2O3.C6H10O.C4H9NS.C4H10.C2H6.CH3NO/c1-20-10-18(22)21-8-7-13(11-21)24-17-6-5-16(23-2)14-4-3-12(19)9-15(14)17;1-3-6(4-2)5-7;1-5-6-4-2-3-4;1-4(2)3;1-2;2-1-3/h3-6,9,13,20H,7-8,10-11H2,1-2H3;3,5-6H,1,4H2,2H3;4-5H,2-3H2,1H3;4H,1-3H3;1-2H3;1H,(H2,2,3). The Kier molecular flexibility index (Phi) is 28.0. The third kappa shape index (κ3) is 20.4. The van der Waals surface area contributed by atoms with E-state index in [0.29, 0.717) is 18.1 Å². The van der Waals surface area contributed by atoms with Crippen LogP contribution in [0.1, 0.15) is 67.2 Å². The number of ether oxygens (including phenoxy) is 2. The first-order valence-corrected chi connectivity index (χ1v) is 17.2. The molecule has 2 unspecified atom stereocenters. The van der Waals surface area contributed by atoms with Gasteiger partial charge in [-0.3, -0.25) is 14.3 Å². The summed E-state index contributed by atoms with van der Waals surface area (Å²) in [4.78, 5) is 32.3. The van der Waals surface area contributed by atoms with E-state index in [0.717, 1.165) is 59.1 Å². The lowest BCUT2D eigenvalue weighted by Crippen LogP contribution is -2.36.